The smallest absolute Gasteiger partial charge is 0.214 e. The molecule has 24 heavy (non-hydrogen) atoms. The first-order valence-electron chi connectivity index (χ1n) is 8.48. The van der Waals surface area contributed by atoms with E-state index in [1.807, 2.05) is 13.0 Å². The van der Waals surface area contributed by atoms with Crippen LogP contribution < -0.4 is 9.80 Å². The highest BCUT2D eigenvalue weighted by molar-refractivity contribution is 7.89. The molecule has 0 unspecified atom stereocenters. The van der Waals surface area contributed by atoms with Gasteiger partial charge in [0.2, 0.25) is 10.0 Å². The molecule has 134 valence electrons. The van der Waals surface area contributed by atoms with Gasteiger partial charge in [0.1, 0.15) is 0 Å². The van der Waals surface area contributed by atoms with Crippen molar-refractivity contribution in [3.63, 3.8) is 0 Å². The molecule has 0 bridgehead atoms. The molecular weight excluding hydrogens is 330 g/mol. The van der Waals surface area contributed by atoms with Gasteiger partial charge in [0.05, 0.1) is 30.9 Å². The highest BCUT2D eigenvalue weighted by Crippen LogP contribution is 2.21. The average molecular weight is 355 g/mol. The van der Waals surface area contributed by atoms with Gasteiger partial charge in [-0.05, 0) is 6.42 Å². The molecule has 3 rings (SSSR count). The van der Waals surface area contributed by atoms with Gasteiger partial charge in [0, 0.05) is 45.3 Å². The van der Waals surface area contributed by atoms with Crippen LogP contribution in [0.1, 0.15) is 13.3 Å². The molecule has 9 heteroatoms. The highest BCUT2D eigenvalue weighted by atomic mass is 32.2. The molecule has 1 aromatic rings. The lowest BCUT2D eigenvalue weighted by atomic mass is 10.3. The molecule has 3 heterocycles. The normalized spacial score (nSPS) is 20.4. The summed E-state index contributed by atoms with van der Waals surface area (Å²) < 4.78 is 31.3. The van der Waals surface area contributed by atoms with E-state index in [-0.39, 0.29) is 5.75 Å². The van der Waals surface area contributed by atoms with E-state index in [1.165, 1.54) is 0 Å². The van der Waals surface area contributed by atoms with Crippen molar-refractivity contribution in [1.82, 2.24) is 14.5 Å². The van der Waals surface area contributed by atoms with Gasteiger partial charge < -0.3 is 14.5 Å². The summed E-state index contributed by atoms with van der Waals surface area (Å²) in [5.74, 6) is 1.09. The SMILES string of the molecule is CCCS(=O)(=O)N1CCN(c2cnnc(N3CCOCC3)c2)CC1. The van der Waals surface area contributed by atoms with E-state index in [4.69, 9.17) is 4.74 Å². The van der Waals surface area contributed by atoms with E-state index >= 15 is 0 Å². The third-order valence-corrected chi connectivity index (χ3v) is 6.50. The molecule has 2 saturated heterocycles. The number of morpholine rings is 1. The van der Waals surface area contributed by atoms with E-state index in [9.17, 15) is 8.42 Å². The minimum atomic E-state index is -3.11. The average Bonchev–Trinajstić information content (AvgIpc) is 2.63. The second kappa shape index (κ2) is 7.62. The van der Waals surface area contributed by atoms with Crippen LogP contribution in [-0.2, 0) is 14.8 Å². The molecule has 0 aromatic carbocycles. The lowest BCUT2D eigenvalue weighted by Gasteiger charge is -2.35. The summed E-state index contributed by atoms with van der Waals surface area (Å²) >= 11 is 0. The second-order valence-corrected chi connectivity index (χ2v) is 8.16. The number of rotatable bonds is 5. The van der Waals surface area contributed by atoms with Crippen LogP contribution in [0, 0.1) is 0 Å². The number of nitrogens with zero attached hydrogens (tertiary/aromatic N) is 5. The summed E-state index contributed by atoms with van der Waals surface area (Å²) in [6.07, 6.45) is 2.40. The van der Waals surface area contributed by atoms with E-state index in [2.05, 4.69) is 20.0 Å². The summed E-state index contributed by atoms with van der Waals surface area (Å²) in [4.78, 5) is 4.35. The molecule has 2 aliphatic heterocycles. The van der Waals surface area contributed by atoms with Gasteiger partial charge in [-0.15, -0.1) is 5.10 Å². The summed E-state index contributed by atoms with van der Waals surface area (Å²) in [7, 11) is -3.11. The topological polar surface area (TPSA) is 78.9 Å². The van der Waals surface area contributed by atoms with Crippen LogP contribution in [-0.4, -0.2) is 81.2 Å². The van der Waals surface area contributed by atoms with Crippen molar-refractivity contribution < 1.29 is 13.2 Å². The van der Waals surface area contributed by atoms with Gasteiger partial charge in [0.25, 0.3) is 0 Å². The zero-order valence-corrected chi connectivity index (χ0v) is 14.9. The Balaban J connectivity index is 1.64. The zero-order chi connectivity index (χ0) is 17.0. The molecule has 2 fully saturated rings. The third kappa shape index (κ3) is 3.96. The Morgan fingerprint density at radius 1 is 1.08 bits per heavy atom. The standard InChI is InChI=1S/C15H25N5O3S/c1-2-11-24(21,22)20-5-3-18(4-6-20)14-12-15(17-16-13-14)19-7-9-23-10-8-19/h12-13H,2-11H2,1H3. The molecular formula is C15H25N5O3S. The number of ether oxygens (including phenoxy) is 1. The van der Waals surface area contributed by atoms with Crippen LogP contribution in [0.15, 0.2) is 12.3 Å². The minimum Gasteiger partial charge on any atom is -0.378 e. The Labute approximate surface area is 143 Å². The first-order chi connectivity index (χ1) is 11.6. The molecule has 2 aliphatic rings. The molecule has 0 spiro atoms. The fourth-order valence-electron chi connectivity index (χ4n) is 3.08. The van der Waals surface area contributed by atoms with Crippen molar-refractivity contribution >= 4 is 21.5 Å². The zero-order valence-electron chi connectivity index (χ0n) is 14.1. The fraction of sp³-hybridized carbons (Fsp3) is 0.733. The van der Waals surface area contributed by atoms with Gasteiger partial charge >= 0.3 is 0 Å². The number of sulfonamides is 1. The van der Waals surface area contributed by atoms with Crippen molar-refractivity contribution in [2.75, 3.05) is 68.0 Å². The third-order valence-electron chi connectivity index (χ3n) is 4.42. The monoisotopic (exact) mass is 355 g/mol. The number of piperazine rings is 1. The van der Waals surface area contributed by atoms with E-state index < -0.39 is 10.0 Å². The van der Waals surface area contributed by atoms with Gasteiger partial charge in [0.15, 0.2) is 5.82 Å². The molecule has 0 aliphatic carbocycles. The molecule has 0 radical (unpaired) electrons. The first kappa shape index (κ1) is 17.4. The van der Waals surface area contributed by atoms with Crippen LogP contribution >= 0.6 is 0 Å². The van der Waals surface area contributed by atoms with Gasteiger partial charge in [-0.1, -0.05) is 6.92 Å². The lowest BCUT2D eigenvalue weighted by molar-refractivity contribution is 0.122. The Bertz CT molecular complexity index is 640. The molecule has 0 amide bonds. The molecule has 0 atom stereocenters. The molecule has 1 aromatic heterocycles. The van der Waals surface area contributed by atoms with Crippen molar-refractivity contribution in [2.24, 2.45) is 0 Å². The predicted octanol–water partition coefficient (Wildman–Crippen LogP) is 0.175. The van der Waals surface area contributed by atoms with Gasteiger partial charge in [-0.3, -0.25) is 0 Å². The summed E-state index contributed by atoms with van der Waals surface area (Å²) in [6, 6.07) is 2.04. The maximum atomic E-state index is 12.2. The van der Waals surface area contributed by atoms with Crippen molar-refractivity contribution in [3.8, 4) is 0 Å². The first-order valence-corrected chi connectivity index (χ1v) is 10.1. The Kier molecular flexibility index (Phi) is 5.52. The lowest BCUT2D eigenvalue weighted by Crippen LogP contribution is -2.49. The van der Waals surface area contributed by atoms with Crippen molar-refractivity contribution in [2.45, 2.75) is 13.3 Å². The maximum absolute atomic E-state index is 12.2. The number of aromatic nitrogens is 2. The van der Waals surface area contributed by atoms with Crippen LogP contribution in [0.2, 0.25) is 0 Å². The Morgan fingerprint density at radius 3 is 2.46 bits per heavy atom. The van der Waals surface area contributed by atoms with Gasteiger partial charge in [-0.2, -0.15) is 9.40 Å². The number of anilines is 2. The van der Waals surface area contributed by atoms with Crippen LogP contribution in [0.4, 0.5) is 11.5 Å². The maximum Gasteiger partial charge on any atom is 0.214 e. The van der Waals surface area contributed by atoms with E-state index in [1.54, 1.807) is 10.5 Å². The predicted molar refractivity (Wildman–Crippen MR) is 92.9 cm³/mol. The summed E-state index contributed by atoms with van der Waals surface area (Å²) in [6.45, 7) is 7.36. The molecule has 8 nitrogen and oxygen atoms in total. The van der Waals surface area contributed by atoms with Crippen LogP contribution in [0.3, 0.4) is 0 Å². The van der Waals surface area contributed by atoms with Gasteiger partial charge in [-0.25, -0.2) is 8.42 Å². The Hall–Kier alpha value is -1.45. The molecule has 0 saturated carbocycles. The van der Waals surface area contributed by atoms with E-state index in [0.29, 0.717) is 45.8 Å². The van der Waals surface area contributed by atoms with Crippen molar-refractivity contribution in [3.05, 3.63) is 12.3 Å². The van der Waals surface area contributed by atoms with Crippen molar-refractivity contribution in [1.29, 1.82) is 0 Å². The quantitative estimate of drug-likeness (QED) is 0.745. The Morgan fingerprint density at radius 2 is 1.79 bits per heavy atom. The van der Waals surface area contributed by atoms with E-state index in [0.717, 1.165) is 24.6 Å². The second-order valence-electron chi connectivity index (χ2n) is 6.07. The summed E-state index contributed by atoms with van der Waals surface area (Å²) in [5, 5.41) is 8.35. The summed E-state index contributed by atoms with van der Waals surface area (Å²) in [5.41, 5.74) is 0.999. The molecule has 0 N–H and O–H groups in total. The highest BCUT2D eigenvalue weighted by Gasteiger charge is 2.26. The largest absolute Gasteiger partial charge is 0.378 e. The minimum absolute atomic E-state index is 0.227. The van der Waals surface area contributed by atoms with Crippen LogP contribution in [0.5, 0.6) is 0 Å². The fourth-order valence-corrected chi connectivity index (χ4v) is 4.57. The van der Waals surface area contributed by atoms with Crippen LogP contribution in [0.25, 0.3) is 0 Å². The number of hydrogen-bond donors (Lipinski definition) is 0. The number of hydrogen-bond acceptors (Lipinski definition) is 7.